The van der Waals surface area contributed by atoms with Crippen LogP contribution in [-0.4, -0.2) is 54.2 Å². The van der Waals surface area contributed by atoms with Crippen molar-refractivity contribution in [3.63, 3.8) is 0 Å². The van der Waals surface area contributed by atoms with Gasteiger partial charge in [-0.05, 0) is 69.4 Å². The van der Waals surface area contributed by atoms with Crippen LogP contribution in [0.2, 0.25) is 0 Å². The van der Waals surface area contributed by atoms with Gasteiger partial charge in [-0.15, -0.1) is 0 Å². The smallest absolute Gasteiger partial charge is 0.324 e. The number of nitrogen functional groups attached to an aromatic ring is 1. The van der Waals surface area contributed by atoms with Crippen LogP contribution in [-0.2, 0) is 47.6 Å². The van der Waals surface area contributed by atoms with Gasteiger partial charge in [0.1, 0.15) is 24.2 Å². The molecule has 0 saturated carbocycles. The van der Waals surface area contributed by atoms with Gasteiger partial charge in [0.25, 0.3) is 0 Å². The van der Waals surface area contributed by atoms with E-state index in [1.54, 1.807) is 39.8 Å². The van der Waals surface area contributed by atoms with Gasteiger partial charge in [0, 0.05) is 6.42 Å². The first-order valence-corrected chi connectivity index (χ1v) is 18.8. The van der Waals surface area contributed by atoms with Crippen molar-refractivity contribution in [1.29, 1.82) is 0 Å². The normalized spacial score (nSPS) is 13.0. The summed E-state index contributed by atoms with van der Waals surface area (Å²) in [6, 6.07) is 22.6. The van der Waals surface area contributed by atoms with Crippen LogP contribution in [0.4, 0.5) is 9.52 Å². The molecule has 49 heavy (non-hydrogen) atoms. The van der Waals surface area contributed by atoms with Crippen molar-refractivity contribution in [2.75, 3.05) is 18.7 Å². The standard InChI is InChI=1S/C36H44FN4O6PS/c1-24(2)46-34(42)31(20-26-12-7-5-8-13-26)40-48(44,41-32(35(43)47-25(3)4)21-27-14-9-6-10-15-27)23-45-19-18-30-33(49-36(38)39-30)28-16-11-17-29(37)22-28/h5-17,22,24-25,31-32H,18-21,23H2,1-4H3,(H2,38,39)(H2,40,41,44)/t31-,32-/m0/s1. The molecule has 2 atom stereocenters. The predicted molar refractivity (Wildman–Crippen MR) is 191 cm³/mol. The van der Waals surface area contributed by atoms with Crippen molar-refractivity contribution in [1.82, 2.24) is 15.2 Å². The van der Waals surface area contributed by atoms with Crippen LogP contribution >= 0.6 is 18.8 Å². The van der Waals surface area contributed by atoms with E-state index in [1.807, 2.05) is 60.7 Å². The Morgan fingerprint density at radius 1 is 0.837 bits per heavy atom. The Morgan fingerprint density at radius 3 is 1.86 bits per heavy atom. The van der Waals surface area contributed by atoms with Crippen LogP contribution in [0.5, 0.6) is 0 Å². The zero-order chi connectivity index (χ0) is 35.4. The zero-order valence-corrected chi connectivity index (χ0v) is 29.8. The number of aromatic nitrogens is 1. The Labute approximate surface area is 291 Å². The average Bonchev–Trinajstić information content (AvgIpc) is 3.43. The van der Waals surface area contributed by atoms with Crippen molar-refractivity contribution in [2.45, 2.75) is 71.2 Å². The third-order valence-electron chi connectivity index (χ3n) is 7.12. The fourth-order valence-electron chi connectivity index (χ4n) is 5.06. The minimum absolute atomic E-state index is 0.0679. The summed E-state index contributed by atoms with van der Waals surface area (Å²) < 4.78 is 46.0. The topological polar surface area (TPSA) is 142 Å². The van der Waals surface area contributed by atoms with Crippen molar-refractivity contribution in [2.24, 2.45) is 0 Å². The highest BCUT2D eigenvalue weighted by atomic mass is 32.1. The van der Waals surface area contributed by atoms with Gasteiger partial charge in [-0.25, -0.2) is 19.5 Å². The van der Waals surface area contributed by atoms with E-state index in [0.717, 1.165) is 11.1 Å². The van der Waals surface area contributed by atoms with Crippen LogP contribution < -0.4 is 15.9 Å². The van der Waals surface area contributed by atoms with Crippen molar-refractivity contribution >= 4 is 35.9 Å². The maximum atomic E-state index is 14.9. The molecule has 0 aliphatic rings. The molecule has 3 aromatic carbocycles. The number of hydrogen-bond acceptors (Lipinski definition) is 9. The van der Waals surface area contributed by atoms with Gasteiger partial charge < -0.3 is 19.9 Å². The Bertz CT molecular complexity index is 1630. The highest BCUT2D eigenvalue weighted by molar-refractivity contribution is 7.59. The molecule has 4 aromatic rings. The number of benzene rings is 3. The van der Waals surface area contributed by atoms with Gasteiger partial charge in [-0.3, -0.25) is 14.2 Å². The summed E-state index contributed by atoms with van der Waals surface area (Å²) in [6.45, 7) is 7.01. The summed E-state index contributed by atoms with van der Waals surface area (Å²) in [5, 5.41) is 6.36. The van der Waals surface area contributed by atoms with Crippen LogP contribution in [0, 0.1) is 5.82 Å². The van der Waals surface area contributed by atoms with Crippen LogP contribution in [0.15, 0.2) is 84.9 Å². The molecule has 0 unspecified atom stereocenters. The number of rotatable bonds is 18. The highest BCUT2D eigenvalue weighted by Gasteiger charge is 2.36. The molecule has 0 amide bonds. The minimum atomic E-state index is -3.91. The van der Waals surface area contributed by atoms with Gasteiger partial charge in [-0.2, -0.15) is 0 Å². The summed E-state index contributed by atoms with van der Waals surface area (Å²) in [5.74, 6) is -1.57. The molecule has 0 bridgehead atoms. The average molecular weight is 711 g/mol. The predicted octanol–water partition coefficient (Wildman–Crippen LogP) is 6.55. The van der Waals surface area contributed by atoms with E-state index in [2.05, 4.69) is 15.2 Å². The molecule has 0 fully saturated rings. The maximum absolute atomic E-state index is 14.9. The first-order chi connectivity index (χ1) is 23.4. The lowest BCUT2D eigenvalue weighted by molar-refractivity contribution is -0.150. The fraction of sp³-hybridized carbons (Fsp3) is 0.361. The molecule has 0 spiro atoms. The number of ether oxygens (including phenoxy) is 3. The van der Waals surface area contributed by atoms with E-state index in [9.17, 15) is 18.5 Å². The molecular weight excluding hydrogens is 666 g/mol. The number of halogens is 1. The van der Waals surface area contributed by atoms with E-state index < -0.39 is 43.7 Å². The number of carbonyl (C=O) groups excluding carboxylic acids is 2. The first-order valence-electron chi connectivity index (χ1n) is 16.1. The molecule has 13 heteroatoms. The lowest BCUT2D eigenvalue weighted by Gasteiger charge is -2.29. The number of anilines is 1. The maximum Gasteiger partial charge on any atom is 0.324 e. The SMILES string of the molecule is CC(C)OC(=O)[C@H](Cc1ccccc1)NP(=O)(COCCc1nc(N)sc1-c1cccc(F)c1)N[C@@H](Cc1ccccc1)C(=O)OC(C)C. The monoisotopic (exact) mass is 710 g/mol. The van der Waals surface area contributed by atoms with Gasteiger partial charge in [0.05, 0.1) is 29.4 Å². The lowest BCUT2D eigenvalue weighted by Crippen LogP contribution is -2.47. The summed E-state index contributed by atoms with van der Waals surface area (Å²) in [5.41, 5.74) is 8.89. The minimum Gasteiger partial charge on any atom is -0.462 e. The third-order valence-corrected chi connectivity index (χ3v) is 10.1. The number of esters is 2. The molecule has 262 valence electrons. The molecule has 4 N–H and O–H groups in total. The molecule has 1 aromatic heterocycles. The first kappa shape index (κ1) is 37.9. The molecule has 0 radical (unpaired) electrons. The van der Waals surface area contributed by atoms with Crippen LogP contribution in [0.25, 0.3) is 10.4 Å². The molecular formula is C36H44FN4O6PS. The van der Waals surface area contributed by atoms with E-state index >= 15 is 0 Å². The lowest BCUT2D eigenvalue weighted by atomic mass is 10.1. The molecule has 10 nitrogen and oxygen atoms in total. The largest absolute Gasteiger partial charge is 0.462 e. The van der Waals surface area contributed by atoms with E-state index in [4.69, 9.17) is 19.9 Å². The molecule has 0 saturated heterocycles. The Kier molecular flexibility index (Phi) is 14.0. The second kappa shape index (κ2) is 18.2. The number of hydrogen-bond donors (Lipinski definition) is 3. The summed E-state index contributed by atoms with van der Waals surface area (Å²) in [7, 11) is -3.91. The second-order valence-electron chi connectivity index (χ2n) is 12.1. The van der Waals surface area contributed by atoms with Crippen molar-refractivity contribution in [3.8, 4) is 10.4 Å². The number of nitrogens with one attached hydrogen (secondary N) is 2. The van der Waals surface area contributed by atoms with Crippen molar-refractivity contribution < 1.29 is 32.8 Å². The fourth-order valence-corrected chi connectivity index (χ4v) is 7.95. The summed E-state index contributed by atoms with van der Waals surface area (Å²) in [6.07, 6.45) is -0.588. The Balaban J connectivity index is 1.60. The van der Waals surface area contributed by atoms with E-state index in [0.29, 0.717) is 21.3 Å². The third kappa shape index (κ3) is 12.2. The number of carbonyl (C=O) groups is 2. The molecule has 0 aliphatic heterocycles. The van der Waals surface area contributed by atoms with Gasteiger partial charge in [0.15, 0.2) is 5.13 Å². The highest BCUT2D eigenvalue weighted by Crippen LogP contribution is 2.39. The Hall–Kier alpha value is -3.93. The summed E-state index contributed by atoms with van der Waals surface area (Å²) in [4.78, 5) is 31.9. The molecule has 4 rings (SSSR count). The number of nitrogens with zero attached hydrogens (tertiary/aromatic N) is 1. The van der Waals surface area contributed by atoms with Gasteiger partial charge in [0.2, 0.25) is 7.44 Å². The number of nitrogens with two attached hydrogens (primary N) is 1. The van der Waals surface area contributed by atoms with Gasteiger partial charge in [-0.1, -0.05) is 84.1 Å². The quantitative estimate of drug-likeness (QED) is 0.0592. The van der Waals surface area contributed by atoms with E-state index in [1.165, 1.54) is 23.5 Å². The zero-order valence-electron chi connectivity index (χ0n) is 28.1. The van der Waals surface area contributed by atoms with Crippen LogP contribution in [0.3, 0.4) is 0 Å². The second-order valence-corrected chi connectivity index (χ2v) is 15.4. The van der Waals surface area contributed by atoms with Gasteiger partial charge >= 0.3 is 11.9 Å². The number of thiazole rings is 1. The molecule has 1 heterocycles. The van der Waals surface area contributed by atoms with Crippen LogP contribution in [0.1, 0.15) is 44.5 Å². The summed E-state index contributed by atoms with van der Waals surface area (Å²) >= 11 is 1.24. The van der Waals surface area contributed by atoms with E-state index in [-0.39, 0.29) is 38.0 Å². The Morgan fingerprint density at radius 2 is 1.37 bits per heavy atom. The van der Waals surface area contributed by atoms with Crippen molar-refractivity contribution in [3.05, 3.63) is 108 Å². The molecule has 0 aliphatic carbocycles.